The largest absolute Gasteiger partial charge is 0.444 e. The van der Waals surface area contributed by atoms with Crippen molar-refractivity contribution in [3.63, 3.8) is 0 Å². The number of ether oxygens (including phenoxy) is 1. The molecule has 1 rings (SSSR count). The molecule has 0 aromatic heterocycles. The van der Waals surface area contributed by atoms with Gasteiger partial charge in [-0.3, -0.25) is 4.79 Å². The van der Waals surface area contributed by atoms with E-state index in [0.29, 0.717) is 11.8 Å². The van der Waals surface area contributed by atoms with Crippen LogP contribution in [0.3, 0.4) is 0 Å². The van der Waals surface area contributed by atoms with Gasteiger partial charge in [0.1, 0.15) is 11.6 Å². The fourth-order valence-electron chi connectivity index (χ4n) is 2.61. The van der Waals surface area contributed by atoms with Crippen LogP contribution >= 0.6 is 0 Å². The molecule has 128 valence electrons. The van der Waals surface area contributed by atoms with Crippen LogP contribution in [-0.2, 0) is 9.53 Å². The zero-order chi connectivity index (χ0) is 17.1. The number of hydrogen-bond donors (Lipinski definition) is 1. The van der Waals surface area contributed by atoms with Crippen LogP contribution in [0.4, 0.5) is 4.79 Å². The van der Waals surface area contributed by atoms with Gasteiger partial charge in [0, 0.05) is 13.1 Å². The Morgan fingerprint density at radius 3 is 2.23 bits per heavy atom. The van der Waals surface area contributed by atoms with E-state index in [0.717, 1.165) is 19.5 Å². The van der Waals surface area contributed by atoms with Gasteiger partial charge in [-0.15, -0.1) is 0 Å². The minimum atomic E-state index is -0.566. The van der Waals surface area contributed by atoms with Crippen LogP contribution in [0.2, 0.25) is 0 Å². The van der Waals surface area contributed by atoms with Gasteiger partial charge >= 0.3 is 6.09 Å². The van der Waals surface area contributed by atoms with E-state index in [1.54, 1.807) is 0 Å². The summed E-state index contributed by atoms with van der Waals surface area (Å²) >= 11 is 0. The molecule has 0 spiro atoms. The quantitative estimate of drug-likeness (QED) is 0.871. The number of rotatable bonds is 3. The summed E-state index contributed by atoms with van der Waals surface area (Å²) in [5, 5.41) is 2.74. The lowest BCUT2D eigenvalue weighted by Crippen LogP contribution is -2.54. The Labute approximate surface area is 134 Å². The molecule has 0 aromatic rings. The third-order valence-corrected chi connectivity index (χ3v) is 4.25. The van der Waals surface area contributed by atoms with E-state index in [1.165, 1.54) is 0 Å². The standard InChI is InChI=1S/C17H32N2O3/c1-11(2)14(18-16(21)22-17(5,6)7)15(20)19-9-8-12(3)13(4)10-19/h11-14H,8-10H2,1-7H3,(H,18,21)/t12-,13-,14-/m0/s1. The summed E-state index contributed by atoms with van der Waals surface area (Å²) in [4.78, 5) is 26.6. The number of likely N-dealkylation sites (tertiary alicyclic amines) is 1. The second-order valence-electron chi connectivity index (χ2n) is 7.90. The highest BCUT2D eigenvalue weighted by Crippen LogP contribution is 2.23. The van der Waals surface area contributed by atoms with Gasteiger partial charge in [0.05, 0.1) is 0 Å². The molecule has 0 saturated carbocycles. The molecule has 5 heteroatoms. The molecule has 5 nitrogen and oxygen atoms in total. The van der Waals surface area contributed by atoms with Crippen molar-refractivity contribution >= 4 is 12.0 Å². The summed E-state index contributed by atoms with van der Waals surface area (Å²) in [6, 6.07) is -0.532. The average Bonchev–Trinajstić information content (AvgIpc) is 2.36. The molecule has 1 N–H and O–H groups in total. The van der Waals surface area contributed by atoms with Gasteiger partial charge in [0.15, 0.2) is 0 Å². The summed E-state index contributed by atoms with van der Waals surface area (Å²) in [5.74, 6) is 1.15. The maximum Gasteiger partial charge on any atom is 0.408 e. The van der Waals surface area contributed by atoms with Crippen LogP contribution in [0.25, 0.3) is 0 Å². The number of carbonyl (C=O) groups excluding carboxylic acids is 2. The Bertz CT molecular complexity index is 401. The Balaban J connectivity index is 2.70. The minimum absolute atomic E-state index is 0.000362. The molecule has 1 fully saturated rings. The molecule has 1 aliphatic heterocycles. The van der Waals surface area contributed by atoms with Crippen molar-refractivity contribution in [1.29, 1.82) is 0 Å². The number of nitrogens with zero attached hydrogens (tertiary/aromatic N) is 1. The fraction of sp³-hybridized carbons (Fsp3) is 0.882. The molecule has 0 bridgehead atoms. The van der Waals surface area contributed by atoms with Gasteiger partial charge in [-0.2, -0.15) is 0 Å². The van der Waals surface area contributed by atoms with Crippen molar-refractivity contribution < 1.29 is 14.3 Å². The van der Waals surface area contributed by atoms with Crippen LogP contribution in [-0.4, -0.2) is 41.6 Å². The summed E-state index contributed by atoms with van der Waals surface area (Å²) < 4.78 is 5.27. The molecule has 0 aromatic carbocycles. The van der Waals surface area contributed by atoms with Crippen molar-refractivity contribution in [2.45, 2.75) is 66.5 Å². The molecule has 22 heavy (non-hydrogen) atoms. The Hall–Kier alpha value is -1.26. The summed E-state index contributed by atoms with van der Waals surface area (Å²) in [6.45, 7) is 15.3. The molecule has 2 amide bonds. The topological polar surface area (TPSA) is 58.6 Å². The van der Waals surface area contributed by atoms with Crippen molar-refractivity contribution in [2.75, 3.05) is 13.1 Å². The first kappa shape index (κ1) is 18.8. The maximum atomic E-state index is 12.7. The highest BCUT2D eigenvalue weighted by atomic mass is 16.6. The van der Waals surface area contributed by atoms with Gasteiger partial charge in [0.25, 0.3) is 0 Å². The lowest BCUT2D eigenvalue weighted by atomic mass is 9.88. The molecule has 1 heterocycles. The normalized spacial score (nSPS) is 24.1. The first-order valence-corrected chi connectivity index (χ1v) is 8.29. The number of amides is 2. The fourth-order valence-corrected chi connectivity index (χ4v) is 2.61. The summed E-state index contributed by atoms with van der Waals surface area (Å²) in [6.07, 6.45) is 0.488. The van der Waals surface area contributed by atoms with Crippen molar-refractivity contribution in [2.24, 2.45) is 17.8 Å². The van der Waals surface area contributed by atoms with E-state index in [4.69, 9.17) is 4.74 Å². The number of piperidine rings is 1. The summed E-state index contributed by atoms with van der Waals surface area (Å²) in [7, 11) is 0. The van der Waals surface area contributed by atoms with E-state index in [1.807, 2.05) is 39.5 Å². The Kier molecular flexibility index (Phi) is 6.27. The number of nitrogens with one attached hydrogen (secondary N) is 1. The third-order valence-electron chi connectivity index (χ3n) is 4.25. The second kappa shape index (κ2) is 7.34. The lowest BCUT2D eigenvalue weighted by Gasteiger charge is -2.38. The predicted molar refractivity (Wildman–Crippen MR) is 87.5 cm³/mol. The van der Waals surface area contributed by atoms with Crippen LogP contribution in [0, 0.1) is 17.8 Å². The molecule has 0 unspecified atom stereocenters. The first-order chi connectivity index (χ1) is 10.0. The first-order valence-electron chi connectivity index (χ1n) is 8.29. The van der Waals surface area contributed by atoms with Gasteiger partial charge in [0.2, 0.25) is 5.91 Å². The molecule has 1 saturated heterocycles. The molecule has 0 aliphatic carbocycles. The maximum absolute atomic E-state index is 12.7. The van der Waals surface area contributed by atoms with E-state index in [9.17, 15) is 9.59 Å². The van der Waals surface area contributed by atoms with Crippen LogP contribution in [0.1, 0.15) is 54.9 Å². The lowest BCUT2D eigenvalue weighted by molar-refractivity contribution is -0.137. The van der Waals surface area contributed by atoms with E-state index in [2.05, 4.69) is 19.2 Å². The highest BCUT2D eigenvalue weighted by Gasteiger charge is 2.33. The van der Waals surface area contributed by atoms with Crippen molar-refractivity contribution in [3.8, 4) is 0 Å². The minimum Gasteiger partial charge on any atom is -0.444 e. The van der Waals surface area contributed by atoms with Crippen molar-refractivity contribution in [1.82, 2.24) is 10.2 Å². The van der Waals surface area contributed by atoms with E-state index < -0.39 is 17.7 Å². The molecule has 3 atom stereocenters. The monoisotopic (exact) mass is 312 g/mol. The smallest absolute Gasteiger partial charge is 0.408 e. The van der Waals surface area contributed by atoms with Crippen molar-refractivity contribution in [3.05, 3.63) is 0 Å². The highest BCUT2D eigenvalue weighted by molar-refractivity contribution is 5.86. The van der Waals surface area contributed by atoms with E-state index in [-0.39, 0.29) is 11.8 Å². The predicted octanol–water partition coefficient (Wildman–Crippen LogP) is 3.04. The van der Waals surface area contributed by atoms with Gasteiger partial charge < -0.3 is 15.0 Å². The Morgan fingerprint density at radius 2 is 1.77 bits per heavy atom. The molecular formula is C17H32N2O3. The van der Waals surface area contributed by atoms with Gasteiger partial charge in [-0.05, 0) is 44.9 Å². The number of alkyl carbamates (subject to hydrolysis) is 1. The van der Waals surface area contributed by atoms with E-state index >= 15 is 0 Å². The number of hydrogen-bond acceptors (Lipinski definition) is 3. The summed E-state index contributed by atoms with van der Waals surface area (Å²) in [5.41, 5.74) is -0.566. The molecular weight excluding hydrogens is 280 g/mol. The second-order valence-corrected chi connectivity index (χ2v) is 7.90. The SMILES string of the molecule is CC(C)[C@H](NC(=O)OC(C)(C)C)C(=O)N1CC[C@H](C)[C@@H](C)C1. The molecule has 0 radical (unpaired) electrons. The van der Waals surface area contributed by atoms with Crippen LogP contribution in [0.5, 0.6) is 0 Å². The number of carbonyl (C=O) groups is 2. The third kappa shape index (κ3) is 5.50. The zero-order valence-corrected chi connectivity index (χ0v) is 15.1. The molecule has 1 aliphatic rings. The van der Waals surface area contributed by atoms with Gasteiger partial charge in [-0.1, -0.05) is 27.7 Å². The van der Waals surface area contributed by atoms with Crippen LogP contribution in [0.15, 0.2) is 0 Å². The van der Waals surface area contributed by atoms with Crippen LogP contribution < -0.4 is 5.32 Å². The zero-order valence-electron chi connectivity index (χ0n) is 15.1. The Morgan fingerprint density at radius 1 is 1.18 bits per heavy atom. The van der Waals surface area contributed by atoms with Gasteiger partial charge in [-0.25, -0.2) is 4.79 Å². The average molecular weight is 312 g/mol.